The van der Waals surface area contributed by atoms with Gasteiger partial charge in [0.2, 0.25) is 5.91 Å². The van der Waals surface area contributed by atoms with Crippen LogP contribution in [-0.2, 0) is 4.79 Å². The van der Waals surface area contributed by atoms with Crippen LogP contribution in [0.2, 0.25) is 0 Å². The molecule has 0 radical (unpaired) electrons. The maximum Gasteiger partial charge on any atom is 0.231 e. The second-order valence-electron chi connectivity index (χ2n) is 1.68. The number of nitrogens with one attached hydrogen (secondary N) is 1. The van der Waals surface area contributed by atoms with E-state index in [1.54, 1.807) is 5.01 Å². The zero-order valence-corrected chi connectivity index (χ0v) is 6.79. The zero-order chi connectivity index (χ0) is 6.57. The molecule has 0 saturated carbocycles. The van der Waals surface area contributed by atoms with Crippen molar-refractivity contribution in [2.45, 2.75) is 13.8 Å². The number of carbonyl (C=O) groups excluding carboxylic acids is 1. The van der Waals surface area contributed by atoms with Crippen molar-refractivity contribution in [2.24, 2.45) is 0 Å². The molecule has 0 aliphatic carbocycles. The van der Waals surface area contributed by atoms with Crippen LogP contribution in [-0.4, -0.2) is 24.5 Å². The molecule has 4 heteroatoms. The predicted molar refractivity (Wildman–Crippen MR) is 39.4 cm³/mol. The van der Waals surface area contributed by atoms with Gasteiger partial charge in [-0.15, -0.1) is 12.4 Å². The number of hydrogen-bond acceptors (Lipinski definition) is 2. The average molecular weight is 153 g/mol. The molecule has 1 amide bonds. The van der Waals surface area contributed by atoms with E-state index in [0.717, 1.165) is 6.54 Å². The second-order valence-corrected chi connectivity index (χ2v) is 1.68. The van der Waals surface area contributed by atoms with Crippen molar-refractivity contribution in [3.8, 4) is 0 Å². The van der Waals surface area contributed by atoms with Crippen molar-refractivity contribution < 1.29 is 4.79 Å². The van der Waals surface area contributed by atoms with Crippen molar-refractivity contribution in [3.05, 3.63) is 0 Å². The number of amides is 1. The van der Waals surface area contributed by atoms with Gasteiger partial charge in [-0.3, -0.25) is 10.2 Å². The van der Waals surface area contributed by atoms with E-state index in [-0.39, 0.29) is 18.3 Å². The SMILES string of the molecule is CCN(C)NC(C)=O.Cl. The van der Waals surface area contributed by atoms with Gasteiger partial charge in [0.25, 0.3) is 0 Å². The molecule has 56 valence electrons. The van der Waals surface area contributed by atoms with Gasteiger partial charge in [-0.05, 0) is 0 Å². The summed E-state index contributed by atoms with van der Waals surface area (Å²) in [5, 5.41) is 1.72. The number of nitrogens with zero attached hydrogens (tertiary/aromatic N) is 1. The maximum atomic E-state index is 10.3. The van der Waals surface area contributed by atoms with E-state index in [1.165, 1.54) is 6.92 Å². The van der Waals surface area contributed by atoms with Gasteiger partial charge in [0.15, 0.2) is 0 Å². The molecule has 0 atom stereocenters. The van der Waals surface area contributed by atoms with Gasteiger partial charge in [-0.25, -0.2) is 5.01 Å². The fourth-order valence-corrected chi connectivity index (χ4v) is 0.348. The topological polar surface area (TPSA) is 32.3 Å². The molecule has 0 spiro atoms. The molecule has 0 aromatic carbocycles. The maximum absolute atomic E-state index is 10.3. The molecule has 0 aliphatic rings. The summed E-state index contributed by atoms with van der Waals surface area (Å²) in [7, 11) is 1.82. The summed E-state index contributed by atoms with van der Waals surface area (Å²) in [4.78, 5) is 10.3. The van der Waals surface area contributed by atoms with Gasteiger partial charge in [0.05, 0.1) is 0 Å². The molecule has 0 aromatic rings. The molecule has 0 unspecified atom stereocenters. The average Bonchev–Trinajstić information content (AvgIpc) is 1.65. The first-order chi connectivity index (χ1) is 3.66. The third kappa shape index (κ3) is 7.72. The quantitative estimate of drug-likeness (QED) is 0.582. The van der Waals surface area contributed by atoms with Gasteiger partial charge in [0.1, 0.15) is 0 Å². The lowest BCUT2D eigenvalue weighted by Crippen LogP contribution is -2.37. The minimum absolute atomic E-state index is 0. The van der Waals surface area contributed by atoms with Crippen LogP contribution in [0.1, 0.15) is 13.8 Å². The Hall–Kier alpha value is -0.280. The van der Waals surface area contributed by atoms with Crippen LogP contribution < -0.4 is 5.43 Å². The summed E-state index contributed by atoms with van der Waals surface area (Å²) in [5.41, 5.74) is 2.59. The zero-order valence-electron chi connectivity index (χ0n) is 5.97. The van der Waals surface area contributed by atoms with Gasteiger partial charge in [-0.1, -0.05) is 6.92 Å². The van der Waals surface area contributed by atoms with E-state index in [1.807, 2.05) is 14.0 Å². The van der Waals surface area contributed by atoms with Crippen LogP contribution in [0.3, 0.4) is 0 Å². The van der Waals surface area contributed by atoms with Crippen LogP contribution in [0.15, 0.2) is 0 Å². The Bertz CT molecular complexity index is 87.0. The molecule has 9 heavy (non-hydrogen) atoms. The van der Waals surface area contributed by atoms with E-state index in [2.05, 4.69) is 5.43 Å². The van der Waals surface area contributed by atoms with Crippen molar-refractivity contribution in [1.82, 2.24) is 10.4 Å². The molecule has 1 N–H and O–H groups in total. The molecule has 0 rings (SSSR count). The van der Waals surface area contributed by atoms with Gasteiger partial charge in [-0.2, -0.15) is 0 Å². The van der Waals surface area contributed by atoms with Crippen LogP contribution in [0.25, 0.3) is 0 Å². The van der Waals surface area contributed by atoms with Crippen LogP contribution in [0.5, 0.6) is 0 Å². The Morgan fingerprint density at radius 2 is 2.11 bits per heavy atom. The lowest BCUT2D eigenvalue weighted by molar-refractivity contribution is -0.123. The van der Waals surface area contributed by atoms with E-state index in [9.17, 15) is 4.79 Å². The molecule has 0 aromatic heterocycles. The van der Waals surface area contributed by atoms with Crippen molar-refractivity contribution in [1.29, 1.82) is 0 Å². The van der Waals surface area contributed by atoms with E-state index in [4.69, 9.17) is 0 Å². The minimum atomic E-state index is -0.0191. The fourth-order valence-electron chi connectivity index (χ4n) is 0.348. The van der Waals surface area contributed by atoms with E-state index in [0.29, 0.717) is 0 Å². The van der Waals surface area contributed by atoms with Crippen LogP contribution >= 0.6 is 12.4 Å². The molecule has 0 aliphatic heterocycles. The number of hydrogen-bond donors (Lipinski definition) is 1. The number of carbonyl (C=O) groups is 1. The summed E-state index contributed by atoms with van der Waals surface area (Å²) in [6.45, 7) is 4.29. The first-order valence-electron chi connectivity index (χ1n) is 2.65. The highest BCUT2D eigenvalue weighted by Gasteiger charge is 1.92. The van der Waals surface area contributed by atoms with Crippen molar-refractivity contribution in [3.63, 3.8) is 0 Å². The molecular weight excluding hydrogens is 140 g/mol. The van der Waals surface area contributed by atoms with Crippen LogP contribution in [0.4, 0.5) is 0 Å². The molecule has 0 bridgehead atoms. The number of hydrazine groups is 1. The minimum Gasteiger partial charge on any atom is -0.289 e. The molecule has 0 heterocycles. The molecular formula is C5H13ClN2O. The number of halogens is 1. The normalized spacial score (nSPS) is 8.44. The lowest BCUT2D eigenvalue weighted by Gasteiger charge is -2.12. The third-order valence-corrected chi connectivity index (χ3v) is 0.823. The predicted octanol–water partition coefficient (Wildman–Crippen LogP) is 0.411. The third-order valence-electron chi connectivity index (χ3n) is 0.823. The monoisotopic (exact) mass is 152 g/mol. The second kappa shape index (κ2) is 5.85. The largest absolute Gasteiger partial charge is 0.289 e. The summed E-state index contributed by atoms with van der Waals surface area (Å²) in [5.74, 6) is -0.0191. The van der Waals surface area contributed by atoms with Gasteiger partial charge in [0, 0.05) is 20.5 Å². The Balaban J connectivity index is 0. The first-order valence-corrected chi connectivity index (χ1v) is 2.65. The smallest absolute Gasteiger partial charge is 0.231 e. The van der Waals surface area contributed by atoms with E-state index < -0.39 is 0 Å². The highest BCUT2D eigenvalue weighted by molar-refractivity contribution is 5.85. The standard InChI is InChI=1S/C5H12N2O.ClH/c1-4-7(3)6-5(2)8;/h4H2,1-3H3,(H,6,8);1H. The van der Waals surface area contributed by atoms with Gasteiger partial charge < -0.3 is 0 Å². The molecule has 0 fully saturated rings. The van der Waals surface area contributed by atoms with Crippen LogP contribution in [0, 0.1) is 0 Å². The summed E-state index contributed by atoms with van der Waals surface area (Å²) in [6, 6.07) is 0. The highest BCUT2D eigenvalue weighted by atomic mass is 35.5. The Morgan fingerprint density at radius 3 is 2.22 bits per heavy atom. The number of rotatable bonds is 2. The van der Waals surface area contributed by atoms with Crippen molar-refractivity contribution >= 4 is 18.3 Å². The van der Waals surface area contributed by atoms with Crippen molar-refractivity contribution in [2.75, 3.05) is 13.6 Å². The molecule has 3 nitrogen and oxygen atoms in total. The summed E-state index contributed by atoms with van der Waals surface area (Å²) >= 11 is 0. The Morgan fingerprint density at radius 1 is 1.67 bits per heavy atom. The molecule has 0 saturated heterocycles. The van der Waals surface area contributed by atoms with Gasteiger partial charge >= 0.3 is 0 Å². The van der Waals surface area contributed by atoms with E-state index >= 15 is 0 Å². The summed E-state index contributed by atoms with van der Waals surface area (Å²) < 4.78 is 0. The first kappa shape index (κ1) is 11.5. The summed E-state index contributed by atoms with van der Waals surface area (Å²) in [6.07, 6.45) is 0. The Labute approximate surface area is 61.8 Å². The lowest BCUT2D eigenvalue weighted by atomic mass is 10.7. The Kier molecular flexibility index (Phi) is 7.48. The highest BCUT2D eigenvalue weighted by Crippen LogP contribution is 1.70. The fraction of sp³-hybridized carbons (Fsp3) is 0.800.